The molecule has 1 aliphatic carbocycles. The van der Waals surface area contributed by atoms with Gasteiger partial charge in [0.1, 0.15) is 17.4 Å². The maximum Gasteiger partial charge on any atom is 0.330 e. The molecular formula is C50H57F2N3O4S. The van der Waals surface area contributed by atoms with Crippen molar-refractivity contribution in [3.63, 3.8) is 0 Å². The van der Waals surface area contributed by atoms with Crippen molar-refractivity contribution in [1.29, 1.82) is 0 Å². The second-order valence-corrected chi connectivity index (χ2v) is 16.7. The Hall–Kier alpha value is -5.22. The van der Waals surface area contributed by atoms with Gasteiger partial charge in [0.25, 0.3) is 0 Å². The molecule has 6 rings (SSSR count). The van der Waals surface area contributed by atoms with E-state index in [0.717, 1.165) is 66.3 Å². The SMILES string of the molecule is C=CC(=O)OCCCCCCOc1ccc(-c2ccc(-c3ccc(C4CCC(CCCCC)CC4)cc3F)cc2F)cc1/C=N/N(C(=O)CCC)c1nc2ccccc2s1. The molecule has 1 heterocycles. The molecule has 0 saturated heterocycles. The second kappa shape index (κ2) is 22.4. The van der Waals surface area contributed by atoms with Crippen LogP contribution in [0.4, 0.5) is 13.9 Å². The Balaban J connectivity index is 1.20. The summed E-state index contributed by atoms with van der Waals surface area (Å²) in [5.41, 5.74) is 4.13. The molecule has 60 heavy (non-hydrogen) atoms. The van der Waals surface area contributed by atoms with Gasteiger partial charge >= 0.3 is 5.97 Å². The molecule has 1 amide bonds. The number of hydrogen-bond donors (Lipinski definition) is 0. The summed E-state index contributed by atoms with van der Waals surface area (Å²) in [6.45, 7) is 8.34. The van der Waals surface area contributed by atoms with Crippen LogP contribution in [0.25, 0.3) is 32.5 Å². The summed E-state index contributed by atoms with van der Waals surface area (Å²) >= 11 is 1.38. The molecule has 0 aliphatic heterocycles. The number of para-hydroxylation sites is 1. The van der Waals surface area contributed by atoms with Crippen LogP contribution in [0.5, 0.6) is 5.75 Å². The van der Waals surface area contributed by atoms with E-state index in [9.17, 15) is 9.59 Å². The largest absolute Gasteiger partial charge is 0.493 e. The first-order valence-corrected chi connectivity index (χ1v) is 22.5. The number of carbonyl (C=O) groups is 2. The second-order valence-electron chi connectivity index (χ2n) is 15.7. The van der Waals surface area contributed by atoms with Crippen molar-refractivity contribution in [1.82, 2.24) is 4.98 Å². The summed E-state index contributed by atoms with van der Waals surface area (Å²) in [6.07, 6.45) is 16.6. The van der Waals surface area contributed by atoms with Gasteiger partial charge in [-0.15, -0.1) is 0 Å². The molecule has 316 valence electrons. The lowest BCUT2D eigenvalue weighted by molar-refractivity contribution is -0.137. The van der Waals surface area contributed by atoms with Crippen LogP contribution >= 0.6 is 11.3 Å². The highest BCUT2D eigenvalue weighted by Crippen LogP contribution is 2.40. The van der Waals surface area contributed by atoms with Crippen molar-refractivity contribution in [2.24, 2.45) is 11.0 Å². The molecule has 4 aromatic carbocycles. The van der Waals surface area contributed by atoms with Crippen LogP contribution in [0.3, 0.4) is 0 Å². The Morgan fingerprint density at radius 2 is 1.55 bits per heavy atom. The zero-order valence-electron chi connectivity index (χ0n) is 35.0. The van der Waals surface area contributed by atoms with Gasteiger partial charge < -0.3 is 9.47 Å². The van der Waals surface area contributed by atoms with Gasteiger partial charge in [0.15, 0.2) is 0 Å². The van der Waals surface area contributed by atoms with E-state index >= 15 is 8.78 Å². The Kier molecular flexibility index (Phi) is 16.6. The molecule has 1 aliphatic rings. The van der Waals surface area contributed by atoms with E-state index in [-0.39, 0.29) is 18.1 Å². The number of fused-ring (bicyclic) bond motifs is 1. The number of unbranched alkanes of at least 4 members (excludes halogenated alkanes) is 5. The van der Waals surface area contributed by atoms with Crippen LogP contribution in [0.15, 0.2) is 96.6 Å². The lowest BCUT2D eigenvalue weighted by atomic mass is 9.77. The number of esters is 1. The van der Waals surface area contributed by atoms with Crippen LogP contribution in [0.1, 0.15) is 121 Å². The van der Waals surface area contributed by atoms with Gasteiger partial charge in [-0.25, -0.2) is 18.6 Å². The van der Waals surface area contributed by atoms with Gasteiger partial charge in [0.05, 0.1) is 29.6 Å². The maximum atomic E-state index is 16.1. The number of halogens is 2. The van der Waals surface area contributed by atoms with E-state index in [4.69, 9.17) is 9.47 Å². The quantitative estimate of drug-likeness (QED) is 0.0242. The van der Waals surface area contributed by atoms with Crippen molar-refractivity contribution in [3.8, 4) is 28.0 Å². The molecule has 0 radical (unpaired) electrons. The minimum absolute atomic E-state index is 0.197. The van der Waals surface area contributed by atoms with E-state index in [1.54, 1.807) is 48.7 Å². The summed E-state index contributed by atoms with van der Waals surface area (Å²) in [5.74, 6) is 0.223. The van der Waals surface area contributed by atoms with Crippen molar-refractivity contribution in [2.75, 3.05) is 18.2 Å². The third kappa shape index (κ3) is 12.0. The van der Waals surface area contributed by atoms with Gasteiger partial charge in [-0.3, -0.25) is 4.79 Å². The van der Waals surface area contributed by atoms with E-state index in [1.165, 1.54) is 60.9 Å². The van der Waals surface area contributed by atoms with Crippen LogP contribution in [0, 0.1) is 17.6 Å². The zero-order chi connectivity index (χ0) is 42.3. The standard InChI is InChI=1S/C50H57F2N3O4S/c1-4-7-10-16-35-19-21-36(22-20-35)37-23-26-42(43(51)32-37)39-24-27-41(44(52)33-39)38-25-28-46(58-29-13-8-9-14-30-59-49(57)6-3)40(31-38)34-53-55(48(56)15-5-2)50-54-45-17-11-12-18-47(45)60-50/h6,11-12,17-18,23-28,31-36H,3-5,7-10,13-16,19-22,29-30H2,1-2H3/b53-34+. The van der Waals surface area contributed by atoms with E-state index in [1.807, 2.05) is 37.3 Å². The van der Waals surface area contributed by atoms with Crippen molar-refractivity contribution in [2.45, 2.75) is 110 Å². The maximum absolute atomic E-state index is 16.1. The number of amides is 1. The molecular weight excluding hydrogens is 777 g/mol. The fourth-order valence-electron chi connectivity index (χ4n) is 7.93. The minimum atomic E-state index is -0.484. The van der Waals surface area contributed by atoms with E-state index in [2.05, 4.69) is 23.6 Å². The number of thiazole rings is 1. The van der Waals surface area contributed by atoms with Gasteiger partial charge in [0.2, 0.25) is 11.0 Å². The predicted octanol–water partition coefficient (Wildman–Crippen LogP) is 13.6. The summed E-state index contributed by atoms with van der Waals surface area (Å²) in [5, 5.41) is 6.45. The Labute approximate surface area is 357 Å². The zero-order valence-corrected chi connectivity index (χ0v) is 35.8. The average Bonchev–Trinajstić information content (AvgIpc) is 3.69. The molecule has 0 spiro atoms. The number of hydrogen-bond acceptors (Lipinski definition) is 7. The first kappa shape index (κ1) is 44.3. The number of aromatic nitrogens is 1. The van der Waals surface area contributed by atoms with Crippen LogP contribution < -0.4 is 9.75 Å². The predicted molar refractivity (Wildman–Crippen MR) is 241 cm³/mol. The monoisotopic (exact) mass is 833 g/mol. The Morgan fingerprint density at radius 1 is 0.833 bits per heavy atom. The lowest BCUT2D eigenvalue weighted by Gasteiger charge is -2.29. The fraction of sp³-hybridized carbons (Fsp3) is 0.400. The molecule has 0 unspecified atom stereocenters. The third-order valence-electron chi connectivity index (χ3n) is 11.3. The molecule has 0 N–H and O–H groups in total. The smallest absolute Gasteiger partial charge is 0.330 e. The number of hydrazone groups is 1. The van der Waals surface area contributed by atoms with Crippen molar-refractivity contribution in [3.05, 3.63) is 114 Å². The highest BCUT2D eigenvalue weighted by molar-refractivity contribution is 7.22. The number of anilines is 1. The highest BCUT2D eigenvalue weighted by Gasteiger charge is 2.24. The fourth-order valence-corrected chi connectivity index (χ4v) is 8.88. The third-order valence-corrected chi connectivity index (χ3v) is 12.3. The van der Waals surface area contributed by atoms with E-state index in [0.29, 0.717) is 64.3 Å². The Morgan fingerprint density at radius 3 is 2.27 bits per heavy atom. The first-order valence-electron chi connectivity index (χ1n) is 21.7. The van der Waals surface area contributed by atoms with Crippen LogP contribution in [-0.4, -0.2) is 36.3 Å². The molecule has 0 bridgehead atoms. The van der Waals surface area contributed by atoms with Gasteiger partial charge in [-0.05, 0) is 123 Å². The molecule has 1 saturated carbocycles. The van der Waals surface area contributed by atoms with Gasteiger partial charge in [0, 0.05) is 29.2 Å². The van der Waals surface area contributed by atoms with Crippen LogP contribution in [-0.2, 0) is 14.3 Å². The molecule has 5 aromatic rings. The number of benzene rings is 4. The normalized spacial score (nSPS) is 15.3. The van der Waals surface area contributed by atoms with E-state index < -0.39 is 11.8 Å². The van der Waals surface area contributed by atoms with Crippen molar-refractivity contribution < 1.29 is 27.8 Å². The molecule has 0 atom stereocenters. The number of carbonyl (C=O) groups excluding carboxylic acids is 2. The Bertz CT molecular complexity index is 2210. The minimum Gasteiger partial charge on any atom is -0.493 e. The highest BCUT2D eigenvalue weighted by atomic mass is 32.1. The number of nitrogens with zero attached hydrogens (tertiary/aromatic N) is 3. The average molecular weight is 834 g/mol. The number of ether oxygens (including phenoxy) is 2. The summed E-state index contributed by atoms with van der Waals surface area (Å²) in [7, 11) is 0. The van der Waals surface area contributed by atoms with Gasteiger partial charge in [-0.1, -0.05) is 99.9 Å². The van der Waals surface area contributed by atoms with Crippen molar-refractivity contribution >= 4 is 44.8 Å². The van der Waals surface area contributed by atoms with Crippen LogP contribution in [0.2, 0.25) is 0 Å². The molecule has 7 nitrogen and oxygen atoms in total. The summed E-state index contributed by atoms with van der Waals surface area (Å²) in [6, 6.07) is 23.3. The first-order chi connectivity index (χ1) is 29.3. The number of rotatable bonds is 21. The molecule has 1 fully saturated rings. The lowest BCUT2D eigenvalue weighted by Crippen LogP contribution is -2.25. The summed E-state index contributed by atoms with van der Waals surface area (Å²) in [4.78, 5) is 29.4. The molecule has 1 aromatic heterocycles. The summed E-state index contributed by atoms with van der Waals surface area (Å²) < 4.78 is 44.0. The van der Waals surface area contributed by atoms with Gasteiger partial charge in [-0.2, -0.15) is 10.1 Å². The topological polar surface area (TPSA) is 81.1 Å². The molecule has 10 heteroatoms.